The Bertz CT molecular complexity index is 1090. The maximum absolute atomic E-state index is 12.8. The summed E-state index contributed by atoms with van der Waals surface area (Å²) in [6.45, 7) is 3.94. The number of benzene rings is 2. The van der Waals surface area contributed by atoms with Crippen LogP contribution in [-0.4, -0.2) is 50.7 Å². The molecule has 2 rings (SSSR count). The zero-order chi connectivity index (χ0) is 23.7. The highest BCUT2D eigenvalue weighted by atomic mass is 16.5. The Labute approximate surface area is 190 Å². The molecule has 0 amide bonds. The van der Waals surface area contributed by atoms with Gasteiger partial charge in [-0.2, -0.15) is 0 Å². The summed E-state index contributed by atoms with van der Waals surface area (Å²) in [6, 6.07) is 15.4. The normalized spacial score (nSPS) is 11.0. The van der Waals surface area contributed by atoms with E-state index in [1.165, 1.54) is 14.2 Å². The fourth-order valence-corrected chi connectivity index (χ4v) is 3.00. The van der Waals surface area contributed by atoms with Gasteiger partial charge in [0.25, 0.3) is 0 Å². The van der Waals surface area contributed by atoms with Gasteiger partial charge in [-0.15, -0.1) is 0 Å². The van der Waals surface area contributed by atoms with Gasteiger partial charge in [0.05, 0.1) is 19.8 Å². The van der Waals surface area contributed by atoms with Crippen molar-refractivity contribution in [1.29, 1.82) is 0 Å². The summed E-state index contributed by atoms with van der Waals surface area (Å²) in [5, 5.41) is 0. The number of rotatable bonds is 4. The smallest absolute Gasteiger partial charge is 0.337 e. The van der Waals surface area contributed by atoms with E-state index >= 15 is 0 Å². The number of methoxy groups -OCH3 is 2. The first-order valence-electron chi connectivity index (χ1n) is 9.97. The predicted octanol–water partition coefficient (Wildman–Crippen LogP) is 3.28. The number of hydrogen-bond acceptors (Lipinski definition) is 5. The first-order chi connectivity index (χ1) is 15.2. The summed E-state index contributed by atoms with van der Waals surface area (Å²) in [5.74, 6) is 11.1. The fraction of sp³-hybridized carbons (Fsp3) is 0.259. The van der Waals surface area contributed by atoms with Crippen molar-refractivity contribution in [2.24, 2.45) is 0 Å². The van der Waals surface area contributed by atoms with Crippen LogP contribution in [0.1, 0.15) is 22.3 Å². The number of carbonyl (C=O) groups excluding carboxylic acids is 2. The lowest BCUT2D eigenvalue weighted by molar-refractivity contribution is -0.139. The van der Waals surface area contributed by atoms with E-state index in [2.05, 4.69) is 23.7 Å². The van der Waals surface area contributed by atoms with Gasteiger partial charge in [0, 0.05) is 17.2 Å². The van der Waals surface area contributed by atoms with Crippen molar-refractivity contribution < 1.29 is 19.1 Å². The summed E-state index contributed by atoms with van der Waals surface area (Å²) >= 11 is 0. The van der Waals surface area contributed by atoms with E-state index in [9.17, 15) is 9.59 Å². The van der Waals surface area contributed by atoms with Gasteiger partial charge in [-0.05, 0) is 63.3 Å². The van der Waals surface area contributed by atoms with Crippen molar-refractivity contribution in [2.45, 2.75) is 19.4 Å². The van der Waals surface area contributed by atoms with Gasteiger partial charge in [0.1, 0.15) is 0 Å². The second kappa shape index (κ2) is 11.0. The molecule has 2 aromatic carbocycles. The van der Waals surface area contributed by atoms with Crippen molar-refractivity contribution in [3.8, 4) is 23.7 Å². The van der Waals surface area contributed by atoms with Gasteiger partial charge >= 0.3 is 11.9 Å². The monoisotopic (exact) mass is 429 g/mol. The molecular formula is C27H27NO4. The summed E-state index contributed by atoms with van der Waals surface area (Å²) < 4.78 is 9.75. The molecule has 0 spiro atoms. The Morgan fingerprint density at radius 1 is 0.875 bits per heavy atom. The Balaban J connectivity index is 2.82. The summed E-state index contributed by atoms with van der Waals surface area (Å²) in [7, 11) is 5.96. The molecule has 0 atom stereocenters. The van der Waals surface area contributed by atoms with Crippen molar-refractivity contribution in [3.63, 3.8) is 0 Å². The first kappa shape index (κ1) is 24.5. The molecule has 0 fully saturated rings. The highest BCUT2D eigenvalue weighted by molar-refractivity contribution is 6.00. The Morgan fingerprint density at radius 2 is 1.38 bits per heavy atom. The summed E-state index contributed by atoms with van der Waals surface area (Å²) in [6.07, 6.45) is 1.08. The molecule has 0 saturated carbocycles. The highest BCUT2D eigenvalue weighted by Gasteiger charge is 2.39. The standard InChI is InChI=1S/C27H27NO4/c1-20-9-7-11-22(17-20)13-15-27(28(3)4,16-14-23-12-8-10-21(2)18-23)24(26(30)32-6)19-25(29)31-5/h7-12,17-19H,1-6H3/b24-19+. The Kier molecular flexibility index (Phi) is 8.41. The number of carbonyl (C=O) groups is 2. The SMILES string of the molecule is COC(=O)/C=C(\C(=O)OC)C(C#Cc1cccc(C)c1)(C#Cc1cccc(C)c1)N(C)C. The van der Waals surface area contributed by atoms with Gasteiger partial charge in [-0.1, -0.05) is 47.9 Å². The summed E-state index contributed by atoms with van der Waals surface area (Å²) in [4.78, 5) is 26.6. The van der Waals surface area contributed by atoms with Gasteiger partial charge in [-0.25, -0.2) is 9.59 Å². The minimum absolute atomic E-state index is 0.0304. The lowest BCUT2D eigenvalue weighted by Gasteiger charge is -2.31. The van der Waals surface area contributed by atoms with Gasteiger partial charge in [0.2, 0.25) is 0 Å². The average molecular weight is 430 g/mol. The van der Waals surface area contributed by atoms with Crippen molar-refractivity contribution >= 4 is 11.9 Å². The van der Waals surface area contributed by atoms with Crippen molar-refractivity contribution in [2.75, 3.05) is 28.3 Å². The van der Waals surface area contributed by atoms with Crippen LogP contribution >= 0.6 is 0 Å². The maximum atomic E-state index is 12.8. The predicted molar refractivity (Wildman–Crippen MR) is 125 cm³/mol. The number of nitrogens with zero attached hydrogens (tertiary/aromatic N) is 1. The Morgan fingerprint density at radius 3 is 1.75 bits per heavy atom. The van der Waals surface area contributed by atoms with Crippen LogP contribution in [-0.2, 0) is 19.1 Å². The van der Waals surface area contributed by atoms with E-state index in [-0.39, 0.29) is 5.57 Å². The van der Waals surface area contributed by atoms with E-state index in [1.54, 1.807) is 19.0 Å². The van der Waals surface area contributed by atoms with Crippen LogP contribution in [0.15, 0.2) is 60.2 Å². The molecule has 0 aliphatic carbocycles. The first-order valence-corrected chi connectivity index (χ1v) is 9.97. The van der Waals surface area contributed by atoms with Crippen molar-refractivity contribution in [3.05, 3.63) is 82.4 Å². The van der Waals surface area contributed by atoms with E-state index in [0.717, 1.165) is 28.3 Å². The zero-order valence-corrected chi connectivity index (χ0v) is 19.3. The molecule has 32 heavy (non-hydrogen) atoms. The Hall–Kier alpha value is -3.80. The number of esters is 2. The molecule has 0 radical (unpaired) electrons. The van der Waals surface area contributed by atoms with Crippen LogP contribution in [0.25, 0.3) is 0 Å². The third-order valence-electron chi connectivity index (χ3n) is 4.74. The third kappa shape index (κ3) is 6.11. The van der Waals surface area contributed by atoms with E-state index in [0.29, 0.717) is 0 Å². The minimum Gasteiger partial charge on any atom is -0.466 e. The molecule has 0 N–H and O–H groups in total. The molecule has 0 heterocycles. The minimum atomic E-state index is -1.44. The molecule has 0 unspecified atom stereocenters. The highest BCUT2D eigenvalue weighted by Crippen LogP contribution is 2.24. The van der Waals surface area contributed by atoms with Crippen LogP contribution in [0.3, 0.4) is 0 Å². The largest absolute Gasteiger partial charge is 0.466 e. The second-order valence-corrected chi connectivity index (χ2v) is 7.42. The van der Waals surface area contributed by atoms with Crippen molar-refractivity contribution in [1.82, 2.24) is 4.90 Å². The van der Waals surface area contributed by atoms with Gasteiger partial charge in [-0.3, -0.25) is 4.90 Å². The third-order valence-corrected chi connectivity index (χ3v) is 4.74. The number of aryl methyl sites for hydroxylation is 2. The molecule has 164 valence electrons. The van der Waals surface area contributed by atoms with Crippen LogP contribution in [0, 0.1) is 37.5 Å². The van der Waals surface area contributed by atoms with Crippen LogP contribution in [0.4, 0.5) is 0 Å². The number of likely N-dealkylation sites (N-methyl/N-ethyl adjacent to an activating group) is 1. The molecule has 0 aliphatic rings. The van der Waals surface area contributed by atoms with Crippen LogP contribution in [0.2, 0.25) is 0 Å². The van der Waals surface area contributed by atoms with E-state index in [4.69, 9.17) is 9.47 Å². The lowest BCUT2D eigenvalue weighted by Crippen LogP contribution is -2.46. The summed E-state index contributed by atoms with van der Waals surface area (Å²) in [5.41, 5.74) is 2.16. The second-order valence-electron chi connectivity index (χ2n) is 7.42. The molecule has 5 nitrogen and oxygen atoms in total. The molecule has 0 bridgehead atoms. The number of hydrogen-bond donors (Lipinski definition) is 0. The zero-order valence-electron chi connectivity index (χ0n) is 19.3. The average Bonchev–Trinajstić information content (AvgIpc) is 2.77. The quantitative estimate of drug-likeness (QED) is 0.424. The molecule has 2 aromatic rings. The van der Waals surface area contributed by atoms with E-state index < -0.39 is 17.5 Å². The lowest BCUT2D eigenvalue weighted by atomic mass is 9.87. The molecule has 0 aliphatic heterocycles. The molecule has 5 heteroatoms. The number of ether oxygens (including phenoxy) is 2. The maximum Gasteiger partial charge on any atom is 0.337 e. The van der Waals surface area contributed by atoms with Gasteiger partial charge < -0.3 is 9.47 Å². The van der Waals surface area contributed by atoms with Crippen LogP contribution in [0.5, 0.6) is 0 Å². The van der Waals surface area contributed by atoms with Crippen LogP contribution < -0.4 is 0 Å². The fourth-order valence-electron chi connectivity index (χ4n) is 3.00. The molecule has 0 aromatic heterocycles. The topological polar surface area (TPSA) is 55.8 Å². The molecular weight excluding hydrogens is 402 g/mol. The van der Waals surface area contributed by atoms with E-state index in [1.807, 2.05) is 62.4 Å². The van der Waals surface area contributed by atoms with Gasteiger partial charge in [0.15, 0.2) is 5.54 Å². The molecule has 0 saturated heterocycles.